The Balaban J connectivity index is 1.47. The zero-order valence-electron chi connectivity index (χ0n) is 23.5. The highest BCUT2D eigenvalue weighted by Gasteiger charge is 2.33. The van der Waals surface area contributed by atoms with Gasteiger partial charge < -0.3 is 30.8 Å². The third kappa shape index (κ3) is 8.49. The smallest absolute Gasteiger partial charge is 0.434 e. The van der Waals surface area contributed by atoms with Crippen molar-refractivity contribution in [3.05, 3.63) is 76.5 Å². The summed E-state index contributed by atoms with van der Waals surface area (Å²) in [4.78, 5) is 20.3. The Morgan fingerprint density at radius 3 is 2.63 bits per heavy atom. The maximum absolute atomic E-state index is 13.0. The van der Waals surface area contributed by atoms with Crippen LogP contribution in [-0.2, 0) is 17.5 Å². The number of amides is 1. The Hall–Kier alpha value is -4.07. The Morgan fingerprint density at radius 2 is 1.98 bits per heavy atom. The number of alkyl halides is 3. The Bertz CT molecular complexity index is 1630. The topological polar surface area (TPSA) is 127 Å². The molecule has 0 spiro atoms. The van der Waals surface area contributed by atoms with Crippen LogP contribution in [0.25, 0.3) is 10.6 Å². The van der Waals surface area contributed by atoms with Gasteiger partial charge in [-0.2, -0.15) is 13.2 Å². The minimum Gasteiger partial charge on any atom is -0.456 e. The minimum absolute atomic E-state index is 0.0164. The van der Waals surface area contributed by atoms with Gasteiger partial charge in [0.15, 0.2) is 5.69 Å². The number of rotatable bonds is 11. The number of hydrogen-bond acceptors (Lipinski definition) is 7. The van der Waals surface area contributed by atoms with Gasteiger partial charge in [0, 0.05) is 37.3 Å². The summed E-state index contributed by atoms with van der Waals surface area (Å²) >= 11 is 7.38. The number of aliphatic hydroxyl groups is 1. The van der Waals surface area contributed by atoms with Crippen LogP contribution in [-0.4, -0.2) is 45.6 Å². The number of benzene rings is 2. The van der Waals surface area contributed by atoms with Crippen molar-refractivity contribution >= 4 is 46.1 Å². The third-order valence-corrected chi connectivity index (χ3v) is 7.20. The molecule has 0 saturated carbocycles. The van der Waals surface area contributed by atoms with Gasteiger partial charge in [-0.1, -0.05) is 23.7 Å². The largest absolute Gasteiger partial charge is 0.456 e. The van der Waals surface area contributed by atoms with Crippen LogP contribution in [0.4, 0.5) is 24.5 Å². The summed E-state index contributed by atoms with van der Waals surface area (Å²) in [7, 11) is 1.75. The van der Waals surface area contributed by atoms with E-state index in [1.807, 2.05) is 16.8 Å². The highest BCUT2D eigenvalue weighted by Crippen LogP contribution is 2.37. The van der Waals surface area contributed by atoms with Crippen LogP contribution in [0.5, 0.6) is 11.5 Å². The zero-order chi connectivity index (χ0) is 31.4. The monoisotopic (exact) mass is 634 g/mol. The summed E-state index contributed by atoms with van der Waals surface area (Å²) in [6, 6.07) is 13.2. The lowest BCUT2D eigenvalue weighted by atomic mass is 10.1. The number of nitrogens with one attached hydrogen (secondary N) is 2. The first kappa shape index (κ1) is 31.9. The molecule has 4 aromatic rings. The van der Waals surface area contributed by atoms with Crippen molar-refractivity contribution in [3.8, 4) is 22.1 Å². The standard InChI is InChI=1S/C29H30ClF3N6O3S/c1-28(2,41)15-24(40)36-10-12-39-11-9-21(35-3)25(39)26(34)37-18-7-8-22(20(30)14-18)42-19-6-4-5-17(13-19)27-38-23(16-43-27)29(31,32)33/h4-9,11,13-14,16,35,41H,10,12,15H2,1-3H3,(H2,34,37)(H,36,40). The summed E-state index contributed by atoms with van der Waals surface area (Å²) in [6.07, 6.45) is -2.71. The molecule has 0 aliphatic heterocycles. The number of anilines is 1. The van der Waals surface area contributed by atoms with E-state index in [1.54, 1.807) is 63.4 Å². The fraction of sp³-hybridized carbons (Fsp3) is 0.276. The van der Waals surface area contributed by atoms with E-state index in [2.05, 4.69) is 20.6 Å². The molecule has 0 unspecified atom stereocenters. The number of carbonyl (C=O) groups is 1. The highest BCUT2D eigenvalue weighted by atomic mass is 35.5. The number of hydrogen-bond donors (Lipinski definition) is 4. The molecule has 5 N–H and O–H groups in total. The number of thiazole rings is 1. The molecule has 0 radical (unpaired) electrons. The second-order valence-corrected chi connectivity index (χ2v) is 11.4. The molecule has 0 aliphatic rings. The molecular weight excluding hydrogens is 605 g/mol. The molecule has 4 rings (SSSR count). The predicted molar refractivity (Wildman–Crippen MR) is 162 cm³/mol. The molecule has 2 aromatic carbocycles. The van der Waals surface area contributed by atoms with E-state index in [0.717, 1.165) is 22.4 Å². The van der Waals surface area contributed by atoms with Crippen LogP contribution in [0.3, 0.4) is 0 Å². The summed E-state index contributed by atoms with van der Waals surface area (Å²) < 4.78 is 46.6. The van der Waals surface area contributed by atoms with Gasteiger partial charge in [-0.25, -0.2) is 9.98 Å². The van der Waals surface area contributed by atoms with Crippen LogP contribution in [0.1, 0.15) is 31.7 Å². The first-order valence-corrected chi connectivity index (χ1v) is 14.3. The molecule has 0 saturated heterocycles. The summed E-state index contributed by atoms with van der Waals surface area (Å²) in [5.74, 6) is 0.619. The summed E-state index contributed by atoms with van der Waals surface area (Å²) in [6.45, 7) is 3.87. The molecule has 2 aromatic heterocycles. The first-order valence-electron chi connectivity index (χ1n) is 13.0. The summed E-state index contributed by atoms with van der Waals surface area (Å²) in [5.41, 5.74) is 6.63. The minimum atomic E-state index is -4.52. The third-order valence-electron chi connectivity index (χ3n) is 6.01. The van der Waals surface area contributed by atoms with Crippen LogP contribution >= 0.6 is 22.9 Å². The average molecular weight is 635 g/mol. The molecule has 43 heavy (non-hydrogen) atoms. The van der Waals surface area contributed by atoms with Crippen molar-refractivity contribution in [2.45, 2.75) is 38.6 Å². The first-order chi connectivity index (χ1) is 20.2. The van der Waals surface area contributed by atoms with Crippen molar-refractivity contribution in [2.75, 3.05) is 18.9 Å². The van der Waals surface area contributed by atoms with Crippen LogP contribution in [0, 0.1) is 0 Å². The van der Waals surface area contributed by atoms with Gasteiger partial charge in [0.05, 0.1) is 28.4 Å². The van der Waals surface area contributed by atoms with Gasteiger partial charge in [0.25, 0.3) is 0 Å². The van der Waals surface area contributed by atoms with E-state index in [0.29, 0.717) is 41.5 Å². The van der Waals surface area contributed by atoms with E-state index in [9.17, 15) is 23.1 Å². The van der Waals surface area contributed by atoms with Gasteiger partial charge in [-0.3, -0.25) is 4.79 Å². The second kappa shape index (κ2) is 13.1. The average Bonchev–Trinajstić information content (AvgIpc) is 3.57. The number of ether oxygens (including phenoxy) is 1. The van der Waals surface area contributed by atoms with Crippen molar-refractivity contribution in [1.29, 1.82) is 0 Å². The normalized spacial score (nSPS) is 12.3. The van der Waals surface area contributed by atoms with E-state index in [1.165, 1.54) is 0 Å². The van der Waals surface area contributed by atoms with Crippen molar-refractivity contribution in [2.24, 2.45) is 10.7 Å². The molecular formula is C29H30ClF3N6O3S. The lowest BCUT2D eigenvalue weighted by Crippen LogP contribution is -2.34. The Labute approximate surface area is 255 Å². The zero-order valence-corrected chi connectivity index (χ0v) is 25.1. The molecule has 1 amide bonds. The number of nitrogens with two attached hydrogens (primary N) is 1. The quantitative estimate of drug-likeness (QED) is 0.111. The predicted octanol–water partition coefficient (Wildman–Crippen LogP) is 6.43. The Kier molecular flexibility index (Phi) is 9.68. The van der Waals surface area contributed by atoms with E-state index in [-0.39, 0.29) is 28.2 Å². The van der Waals surface area contributed by atoms with Gasteiger partial charge in [-0.05, 0) is 50.2 Å². The number of carbonyl (C=O) groups excluding carboxylic acids is 1. The Morgan fingerprint density at radius 1 is 1.21 bits per heavy atom. The van der Waals surface area contributed by atoms with Crippen LogP contribution < -0.4 is 21.1 Å². The molecule has 0 bridgehead atoms. The number of aliphatic imine (C=N–C) groups is 1. The van der Waals surface area contributed by atoms with Crippen molar-refractivity contribution in [1.82, 2.24) is 14.9 Å². The highest BCUT2D eigenvalue weighted by molar-refractivity contribution is 7.13. The number of aromatic nitrogens is 2. The van der Waals surface area contributed by atoms with E-state index < -0.39 is 17.5 Å². The van der Waals surface area contributed by atoms with Gasteiger partial charge in [0.2, 0.25) is 5.91 Å². The molecule has 9 nitrogen and oxygen atoms in total. The molecule has 0 aliphatic carbocycles. The number of nitrogens with zero attached hydrogens (tertiary/aromatic N) is 3. The molecule has 228 valence electrons. The van der Waals surface area contributed by atoms with Crippen molar-refractivity contribution in [3.63, 3.8) is 0 Å². The van der Waals surface area contributed by atoms with Gasteiger partial charge in [0.1, 0.15) is 28.0 Å². The van der Waals surface area contributed by atoms with Crippen molar-refractivity contribution < 1.29 is 27.8 Å². The fourth-order valence-corrected chi connectivity index (χ4v) is 5.14. The van der Waals surface area contributed by atoms with Crippen LogP contribution in [0.2, 0.25) is 5.02 Å². The fourth-order valence-electron chi connectivity index (χ4n) is 4.11. The number of amidine groups is 1. The molecule has 14 heteroatoms. The molecule has 0 atom stereocenters. The molecule has 0 fully saturated rings. The van der Waals surface area contributed by atoms with Crippen LogP contribution in [0.15, 0.2) is 65.1 Å². The SMILES string of the molecule is CNc1ccn(CCNC(=O)CC(C)(C)O)c1C(N)=Nc1ccc(Oc2cccc(-c3nc(C(F)(F)F)cs3)c2)c(Cl)c1. The van der Waals surface area contributed by atoms with Gasteiger partial charge >= 0.3 is 6.18 Å². The lowest BCUT2D eigenvalue weighted by molar-refractivity contribution is -0.140. The maximum Gasteiger partial charge on any atom is 0.434 e. The van der Waals surface area contributed by atoms with Gasteiger partial charge in [-0.15, -0.1) is 11.3 Å². The second-order valence-electron chi connectivity index (χ2n) is 10.1. The maximum atomic E-state index is 13.0. The van der Waals surface area contributed by atoms with E-state index in [4.69, 9.17) is 22.1 Å². The lowest BCUT2D eigenvalue weighted by Gasteiger charge is -2.17. The number of halogens is 4. The molecule has 2 heterocycles. The summed E-state index contributed by atoms with van der Waals surface area (Å²) in [5, 5.41) is 17.1. The van der Waals surface area contributed by atoms with E-state index >= 15 is 0 Å².